The molecule has 0 aromatic heterocycles. The Morgan fingerprint density at radius 1 is 1.04 bits per heavy atom. The van der Waals surface area contributed by atoms with Crippen LogP contribution in [-0.4, -0.2) is 26.5 Å². The van der Waals surface area contributed by atoms with Crippen LogP contribution >= 0.6 is 0 Å². The van der Waals surface area contributed by atoms with Gasteiger partial charge in [0.25, 0.3) is 0 Å². The van der Waals surface area contributed by atoms with E-state index in [0.29, 0.717) is 6.42 Å². The summed E-state index contributed by atoms with van der Waals surface area (Å²) in [6.07, 6.45) is 3.60. The molecule has 0 N–H and O–H groups in total. The standard InChI is InChI=1S/C19H38O3Si/c1-9-23(10-2,11-3)22-18(13-12-15(4)5)17(8)14-19(20)21-16(6)7/h12,16-18H,9-11,13-14H2,1-8H3/t17-,18+/m0/s1. The average molecular weight is 343 g/mol. The minimum absolute atomic E-state index is 0.0535. The maximum absolute atomic E-state index is 12.0. The van der Waals surface area contributed by atoms with Crippen molar-refractivity contribution in [1.29, 1.82) is 0 Å². The summed E-state index contributed by atoms with van der Waals surface area (Å²) in [5.41, 5.74) is 1.30. The predicted octanol–water partition coefficient (Wildman–Crippen LogP) is 5.71. The topological polar surface area (TPSA) is 35.5 Å². The lowest BCUT2D eigenvalue weighted by molar-refractivity contribution is -0.149. The molecule has 136 valence electrons. The molecule has 0 aliphatic rings. The Morgan fingerprint density at radius 2 is 1.57 bits per heavy atom. The Labute approximate surface area is 145 Å². The van der Waals surface area contributed by atoms with Gasteiger partial charge in [-0.25, -0.2) is 0 Å². The Morgan fingerprint density at radius 3 is 1.96 bits per heavy atom. The lowest BCUT2D eigenvalue weighted by Crippen LogP contribution is -2.42. The minimum Gasteiger partial charge on any atom is -0.463 e. The van der Waals surface area contributed by atoms with Gasteiger partial charge in [-0.2, -0.15) is 0 Å². The van der Waals surface area contributed by atoms with Crippen molar-refractivity contribution in [2.45, 2.75) is 98.6 Å². The summed E-state index contributed by atoms with van der Waals surface area (Å²) < 4.78 is 12.0. The van der Waals surface area contributed by atoms with Crippen LogP contribution in [-0.2, 0) is 14.0 Å². The lowest BCUT2D eigenvalue weighted by Gasteiger charge is -2.35. The van der Waals surface area contributed by atoms with Crippen LogP contribution < -0.4 is 0 Å². The van der Waals surface area contributed by atoms with E-state index >= 15 is 0 Å². The molecule has 4 heteroatoms. The van der Waals surface area contributed by atoms with E-state index in [1.165, 1.54) is 5.57 Å². The molecule has 0 bridgehead atoms. The molecule has 0 rings (SSSR count). The molecule has 0 aliphatic heterocycles. The number of esters is 1. The molecule has 0 unspecified atom stereocenters. The second-order valence-corrected chi connectivity index (χ2v) is 11.9. The predicted molar refractivity (Wildman–Crippen MR) is 101 cm³/mol. The zero-order valence-corrected chi connectivity index (χ0v) is 17.6. The summed E-state index contributed by atoms with van der Waals surface area (Å²) in [7, 11) is -1.68. The number of carbonyl (C=O) groups excluding carboxylic acids is 1. The first-order valence-electron chi connectivity index (χ1n) is 9.20. The van der Waals surface area contributed by atoms with E-state index in [2.05, 4.69) is 47.6 Å². The number of carbonyl (C=O) groups is 1. The van der Waals surface area contributed by atoms with E-state index < -0.39 is 8.32 Å². The molecular weight excluding hydrogens is 304 g/mol. The molecule has 2 atom stereocenters. The van der Waals surface area contributed by atoms with Crippen molar-refractivity contribution in [3.63, 3.8) is 0 Å². The molecular formula is C19H38O3Si. The van der Waals surface area contributed by atoms with Crippen LogP contribution in [0.2, 0.25) is 18.1 Å². The van der Waals surface area contributed by atoms with E-state index in [4.69, 9.17) is 9.16 Å². The Hall–Kier alpha value is -0.613. The maximum atomic E-state index is 12.0. The average Bonchev–Trinajstić information content (AvgIpc) is 2.47. The van der Waals surface area contributed by atoms with E-state index in [1.807, 2.05) is 13.8 Å². The number of ether oxygens (including phenoxy) is 1. The summed E-state index contributed by atoms with van der Waals surface area (Å²) in [5, 5.41) is 0. The van der Waals surface area contributed by atoms with Crippen molar-refractivity contribution >= 4 is 14.3 Å². The van der Waals surface area contributed by atoms with Gasteiger partial charge in [0, 0.05) is 0 Å². The van der Waals surface area contributed by atoms with Crippen LogP contribution in [0.1, 0.15) is 68.2 Å². The fourth-order valence-electron chi connectivity index (χ4n) is 2.77. The van der Waals surface area contributed by atoms with Crippen LogP contribution in [0.5, 0.6) is 0 Å². The first-order chi connectivity index (χ1) is 10.7. The third kappa shape index (κ3) is 8.71. The highest BCUT2D eigenvalue weighted by atomic mass is 28.4. The van der Waals surface area contributed by atoms with Crippen LogP contribution in [0.3, 0.4) is 0 Å². The normalized spacial score (nSPS) is 14.5. The fraction of sp³-hybridized carbons (Fsp3) is 0.842. The molecule has 0 heterocycles. The van der Waals surface area contributed by atoms with Crippen molar-refractivity contribution in [3.05, 3.63) is 11.6 Å². The molecule has 0 aliphatic carbocycles. The molecule has 0 fully saturated rings. The smallest absolute Gasteiger partial charge is 0.306 e. The monoisotopic (exact) mass is 342 g/mol. The number of allylic oxidation sites excluding steroid dienone is 1. The highest BCUT2D eigenvalue weighted by Gasteiger charge is 2.34. The summed E-state index contributed by atoms with van der Waals surface area (Å²) >= 11 is 0. The molecule has 0 spiro atoms. The molecule has 0 amide bonds. The SMILES string of the molecule is CC[Si](CC)(CC)O[C@H](CC=C(C)C)[C@@H](C)CC(=O)OC(C)C. The van der Waals surface area contributed by atoms with Crippen molar-refractivity contribution in [3.8, 4) is 0 Å². The Balaban J connectivity index is 5.05. The Kier molecular flexibility index (Phi) is 10.7. The second-order valence-electron chi connectivity index (χ2n) is 7.14. The van der Waals surface area contributed by atoms with Crippen molar-refractivity contribution in [2.75, 3.05) is 0 Å². The summed E-state index contributed by atoms with van der Waals surface area (Å²) in [6.45, 7) is 16.9. The fourth-order valence-corrected chi connectivity index (χ4v) is 5.75. The summed E-state index contributed by atoms with van der Waals surface area (Å²) in [5.74, 6) is 0.0587. The van der Waals surface area contributed by atoms with Gasteiger partial charge in [-0.15, -0.1) is 0 Å². The van der Waals surface area contributed by atoms with Gasteiger partial charge in [0.2, 0.25) is 0 Å². The van der Waals surface area contributed by atoms with E-state index in [1.54, 1.807) is 0 Å². The molecule has 0 radical (unpaired) electrons. The number of rotatable bonds is 11. The van der Waals surface area contributed by atoms with Gasteiger partial charge in [0.05, 0.1) is 18.6 Å². The second kappa shape index (κ2) is 11.0. The van der Waals surface area contributed by atoms with Gasteiger partial charge >= 0.3 is 5.97 Å². The molecule has 0 saturated carbocycles. The summed E-state index contributed by atoms with van der Waals surface area (Å²) in [6, 6.07) is 3.40. The highest BCUT2D eigenvalue weighted by Crippen LogP contribution is 2.28. The molecule has 0 aromatic carbocycles. The van der Waals surface area contributed by atoms with Crippen molar-refractivity contribution < 1.29 is 14.0 Å². The van der Waals surface area contributed by atoms with Gasteiger partial charge in [0.15, 0.2) is 8.32 Å². The first kappa shape index (κ1) is 22.4. The van der Waals surface area contributed by atoms with Gasteiger partial charge in [-0.05, 0) is 58.2 Å². The zero-order valence-electron chi connectivity index (χ0n) is 16.6. The van der Waals surface area contributed by atoms with E-state index in [0.717, 1.165) is 24.6 Å². The van der Waals surface area contributed by atoms with Crippen molar-refractivity contribution in [2.24, 2.45) is 5.92 Å². The summed E-state index contributed by atoms with van der Waals surface area (Å²) in [4.78, 5) is 12.0. The highest BCUT2D eigenvalue weighted by molar-refractivity contribution is 6.73. The van der Waals surface area contributed by atoms with E-state index in [-0.39, 0.29) is 24.1 Å². The van der Waals surface area contributed by atoms with Gasteiger partial charge < -0.3 is 9.16 Å². The van der Waals surface area contributed by atoms with Gasteiger partial charge in [0.1, 0.15) is 0 Å². The quantitative estimate of drug-likeness (QED) is 0.274. The molecule has 23 heavy (non-hydrogen) atoms. The lowest BCUT2D eigenvalue weighted by atomic mass is 9.97. The zero-order chi connectivity index (χ0) is 18.0. The third-order valence-corrected chi connectivity index (χ3v) is 9.25. The van der Waals surface area contributed by atoms with Crippen LogP contribution in [0.25, 0.3) is 0 Å². The maximum Gasteiger partial charge on any atom is 0.306 e. The van der Waals surface area contributed by atoms with Crippen LogP contribution in [0.4, 0.5) is 0 Å². The first-order valence-corrected chi connectivity index (χ1v) is 11.7. The van der Waals surface area contributed by atoms with Crippen LogP contribution in [0.15, 0.2) is 11.6 Å². The molecule has 3 nitrogen and oxygen atoms in total. The number of hydrogen-bond acceptors (Lipinski definition) is 3. The van der Waals surface area contributed by atoms with Crippen LogP contribution in [0, 0.1) is 5.92 Å². The third-order valence-electron chi connectivity index (χ3n) is 4.58. The minimum atomic E-state index is -1.68. The molecule has 0 saturated heterocycles. The largest absolute Gasteiger partial charge is 0.463 e. The number of hydrogen-bond donors (Lipinski definition) is 0. The van der Waals surface area contributed by atoms with E-state index in [9.17, 15) is 4.79 Å². The van der Waals surface area contributed by atoms with Crippen molar-refractivity contribution in [1.82, 2.24) is 0 Å². The Bertz CT molecular complexity index is 361. The molecule has 0 aromatic rings. The van der Waals surface area contributed by atoms with Gasteiger partial charge in [-0.3, -0.25) is 4.79 Å². The van der Waals surface area contributed by atoms with Gasteiger partial charge in [-0.1, -0.05) is 39.3 Å².